The number of anilines is 1. The van der Waals surface area contributed by atoms with Crippen LogP contribution in [0.15, 0.2) is 36.7 Å². The second-order valence-electron chi connectivity index (χ2n) is 5.65. The van der Waals surface area contributed by atoms with Gasteiger partial charge in [0, 0.05) is 16.7 Å². The highest BCUT2D eigenvalue weighted by molar-refractivity contribution is 6.31. The monoisotopic (exact) mass is 338 g/mol. The molecule has 0 atom stereocenters. The van der Waals surface area contributed by atoms with E-state index in [1.807, 2.05) is 13.8 Å². The van der Waals surface area contributed by atoms with Crippen molar-refractivity contribution in [1.82, 2.24) is 4.98 Å². The number of alkyl halides is 2. The van der Waals surface area contributed by atoms with Gasteiger partial charge in [0.25, 0.3) is 5.91 Å². The minimum absolute atomic E-state index is 0.102. The van der Waals surface area contributed by atoms with Crippen LogP contribution in [0.4, 0.5) is 14.5 Å². The highest BCUT2D eigenvalue weighted by Gasteiger charge is 2.44. The van der Waals surface area contributed by atoms with Crippen LogP contribution in [0.2, 0.25) is 5.02 Å². The minimum atomic E-state index is -2.95. The van der Waals surface area contributed by atoms with Crippen LogP contribution >= 0.6 is 11.6 Å². The van der Waals surface area contributed by atoms with Gasteiger partial charge < -0.3 is 4.74 Å². The molecule has 1 aromatic carbocycles. The number of carbonyl (C=O) groups is 1. The van der Waals surface area contributed by atoms with E-state index in [-0.39, 0.29) is 11.7 Å². The number of aromatic nitrogens is 1. The lowest BCUT2D eigenvalue weighted by Crippen LogP contribution is -2.39. The lowest BCUT2D eigenvalue weighted by Gasteiger charge is -2.32. The highest BCUT2D eigenvalue weighted by Crippen LogP contribution is 2.43. The topological polar surface area (TPSA) is 42.4 Å². The Morgan fingerprint density at radius 1 is 1.26 bits per heavy atom. The Morgan fingerprint density at radius 3 is 2.70 bits per heavy atom. The summed E-state index contributed by atoms with van der Waals surface area (Å²) in [5, 5.41) is 0.527. The van der Waals surface area contributed by atoms with Crippen molar-refractivity contribution in [3.05, 3.63) is 52.8 Å². The van der Waals surface area contributed by atoms with E-state index in [9.17, 15) is 13.6 Å². The first kappa shape index (κ1) is 15.7. The Morgan fingerprint density at radius 2 is 2.00 bits per heavy atom. The van der Waals surface area contributed by atoms with Crippen molar-refractivity contribution >= 4 is 23.2 Å². The quantitative estimate of drug-likeness (QED) is 0.841. The third-order valence-electron chi connectivity index (χ3n) is 3.82. The van der Waals surface area contributed by atoms with Crippen molar-refractivity contribution in [1.29, 1.82) is 0 Å². The molecule has 3 rings (SSSR count). The average molecular weight is 339 g/mol. The van der Waals surface area contributed by atoms with Crippen molar-refractivity contribution in [2.75, 3.05) is 4.90 Å². The van der Waals surface area contributed by atoms with Crippen molar-refractivity contribution in [2.24, 2.45) is 0 Å². The normalized spacial score (nSPS) is 15.9. The minimum Gasteiger partial charge on any atom is -0.433 e. The first-order valence-electron chi connectivity index (χ1n) is 6.85. The average Bonchev–Trinajstić information content (AvgIpc) is 2.65. The summed E-state index contributed by atoms with van der Waals surface area (Å²) in [6.07, 6.45) is 2.61. The predicted octanol–water partition coefficient (Wildman–Crippen LogP) is 4.23. The molecule has 120 valence electrons. The molecule has 2 aromatic rings. The van der Waals surface area contributed by atoms with E-state index < -0.39 is 12.2 Å². The SMILES string of the molecule is CC1(C)c2cc(Cl)ccc2C(=O)N1c1cncc(OC(F)F)c1. The Kier molecular flexibility index (Phi) is 3.72. The molecule has 0 saturated carbocycles. The number of rotatable bonds is 3. The van der Waals surface area contributed by atoms with Gasteiger partial charge in [0.2, 0.25) is 0 Å². The highest BCUT2D eigenvalue weighted by atomic mass is 35.5. The molecule has 0 saturated heterocycles. The third-order valence-corrected chi connectivity index (χ3v) is 4.05. The van der Waals surface area contributed by atoms with Crippen LogP contribution in [0.1, 0.15) is 29.8 Å². The van der Waals surface area contributed by atoms with Gasteiger partial charge >= 0.3 is 6.61 Å². The summed E-state index contributed by atoms with van der Waals surface area (Å²) in [5.41, 5.74) is 0.989. The van der Waals surface area contributed by atoms with E-state index >= 15 is 0 Å². The lowest BCUT2D eigenvalue weighted by atomic mass is 9.93. The molecule has 1 amide bonds. The Bertz CT molecular complexity index is 780. The largest absolute Gasteiger partial charge is 0.433 e. The number of ether oxygens (including phenoxy) is 1. The van der Waals surface area contributed by atoms with Crippen LogP contribution in [-0.2, 0) is 5.54 Å². The smallest absolute Gasteiger partial charge is 0.387 e. The maximum absolute atomic E-state index is 12.7. The molecule has 4 nitrogen and oxygen atoms in total. The first-order chi connectivity index (χ1) is 10.8. The predicted molar refractivity (Wildman–Crippen MR) is 82.2 cm³/mol. The van der Waals surface area contributed by atoms with Crippen molar-refractivity contribution < 1.29 is 18.3 Å². The number of hydrogen-bond donors (Lipinski definition) is 0. The molecule has 2 heterocycles. The first-order valence-corrected chi connectivity index (χ1v) is 7.23. The van der Waals surface area contributed by atoms with E-state index in [1.54, 1.807) is 18.2 Å². The summed E-state index contributed by atoms with van der Waals surface area (Å²) in [6, 6.07) is 6.41. The van der Waals surface area contributed by atoms with Crippen LogP contribution in [0.3, 0.4) is 0 Å². The summed E-state index contributed by atoms with van der Waals surface area (Å²) in [7, 11) is 0. The summed E-state index contributed by atoms with van der Waals surface area (Å²) in [4.78, 5) is 18.1. The second-order valence-corrected chi connectivity index (χ2v) is 6.08. The molecule has 1 aliphatic heterocycles. The molecule has 0 fully saturated rings. The number of hydrogen-bond acceptors (Lipinski definition) is 3. The maximum Gasteiger partial charge on any atom is 0.387 e. The van der Waals surface area contributed by atoms with E-state index in [4.69, 9.17) is 11.6 Å². The number of nitrogens with zero attached hydrogens (tertiary/aromatic N) is 2. The second kappa shape index (κ2) is 5.45. The number of fused-ring (bicyclic) bond motifs is 1. The lowest BCUT2D eigenvalue weighted by molar-refractivity contribution is -0.0500. The van der Waals surface area contributed by atoms with Gasteiger partial charge in [0.05, 0.1) is 23.6 Å². The zero-order chi connectivity index (χ0) is 16.8. The van der Waals surface area contributed by atoms with Crippen LogP contribution in [0, 0.1) is 0 Å². The molecule has 0 aliphatic carbocycles. The number of benzene rings is 1. The summed E-state index contributed by atoms with van der Waals surface area (Å²) in [5.74, 6) is -0.340. The molecule has 0 spiro atoms. The molecule has 0 N–H and O–H groups in total. The Balaban J connectivity index is 2.06. The molecule has 1 aliphatic rings. The van der Waals surface area contributed by atoms with E-state index in [0.717, 1.165) is 5.56 Å². The van der Waals surface area contributed by atoms with Crippen LogP contribution in [-0.4, -0.2) is 17.5 Å². The fraction of sp³-hybridized carbons (Fsp3) is 0.250. The molecular formula is C16H13ClF2N2O2. The summed E-state index contributed by atoms with van der Waals surface area (Å²) < 4.78 is 29.1. The van der Waals surface area contributed by atoms with E-state index in [2.05, 4.69) is 9.72 Å². The van der Waals surface area contributed by atoms with Gasteiger partial charge in [0.1, 0.15) is 5.75 Å². The fourth-order valence-corrected chi connectivity index (χ4v) is 3.01. The number of halogens is 3. The number of pyridine rings is 1. The van der Waals surface area contributed by atoms with E-state index in [0.29, 0.717) is 16.3 Å². The van der Waals surface area contributed by atoms with Crippen LogP contribution < -0.4 is 9.64 Å². The number of amides is 1. The Hall–Kier alpha value is -2.21. The maximum atomic E-state index is 12.7. The molecule has 0 unspecified atom stereocenters. The Labute approximate surface area is 136 Å². The molecule has 0 bridgehead atoms. The fourth-order valence-electron chi connectivity index (χ4n) is 2.84. The van der Waals surface area contributed by atoms with Crippen molar-refractivity contribution in [3.8, 4) is 5.75 Å². The zero-order valence-electron chi connectivity index (χ0n) is 12.4. The zero-order valence-corrected chi connectivity index (χ0v) is 13.1. The van der Waals surface area contributed by atoms with E-state index in [1.165, 1.54) is 23.4 Å². The van der Waals surface area contributed by atoms with Gasteiger partial charge in [-0.25, -0.2) is 0 Å². The molecule has 23 heavy (non-hydrogen) atoms. The van der Waals surface area contributed by atoms with Crippen molar-refractivity contribution in [2.45, 2.75) is 26.0 Å². The summed E-state index contributed by atoms with van der Waals surface area (Å²) in [6.45, 7) is 0.756. The van der Waals surface area contributed by atoms with Gasteiger partial charge in [0.15, 0.2) is 0 Å². The molecule has 0 radical (unpaired) electrons. The molecule has 1 aromatic heterocycles. The van der Waals surface area contributed by atoms with Crippen LogP contribution in [0.25, 0.3) is 0 Å². The molecular weight excluding hydrogens is 326 g/mol. The van der Waals surface area contributed by atoms with Gasteiger partial charge in [-0.15, -0.1) is 0 Å². The third kappa shape index (κ3) is 2.63. The van der Waals surface area contributed by atoms with Crippen molar-refractivity contribution in [3.63, 3.8) is 0 Å². The summed E-state index contributed by atoms with van der Waals surface area (Å²) >= 11 is 6.03. The van der Waals surface area contributed by atoms with Gasteiger partial charge in [-0.2, -0.15) is 8.78 Å². The standard InChI is InChI=1S/C16H13ClF2N2O2/c1-16(2)13-5-9(17)3-4-12(13)14(22)21(16)10-6-11(8-20-7-10)23-15(18)19/h3-8,15H,1-2H3. The van der Waals surface area contributed by atoms with Gasteiger partial charge in [-0.3, -0.25) is 14.7 Å². The number of carbonyl (C=O) groups excluding carboxylic acids is 1. The van der Waals surface area contributed by atoms with Gasteiger partial charge in [-0.1, -0.05) is 11.6 Å². The van der Waals surface area contributed by atoms with Crippen LogP contribution in [0.5, 0.6) is 5.75 Å². The molecule has 7 heteroatoms. The van der Waals surface area contributed by atoms with Gasteiger partial charge in [-0.05, 0) is 37.6 Å².